The van der Waals surface area contributed by atoms with E-state index >= 15 is 0 Å². The van der Waals surface area contributed by atoms with E-state index < -0.39 is 0 Å². The van der Waals surface area contributed by atoms with Gasteiger partial charge in [0.15, 0.2) is 0 Å². The molecule has 108 valence electrons. The summed E-state index contributed by atoms with van der Waals surface area (Å²) >= 11 is 0. The van der Waals surface area contributed by atoms with Crippen LogP contribution in [0.4, 0.5) is 0 Å². The standard InChI is InChI=1S/C16H33NO/c1-3-5-6-7-10-13-18-14-16(17-4-2)15-11-8-9-12-15/h15-17H,3-14H2,1-2H3. The summed E-state index contributed by atoms with van der Waals surface area (Å²) in [5.41, 5.74) is 0. The number of nitrogens with one attached hydrogen (secondary N) is 1. The molecule has 1 unspecified atom stereocenters. The van der Waals surface area contributed by atoms with E-state index in [0.717, 1.165) is 25.7 Å². The van der Waals surface area contributed by atoms with Gasteiger partial charge < -0.3 is 10.1 Å². The minimum atomic E-state index is 0.605. The van der Waals surface area contributed by atoms with Crippen molar-refractivity contribution in [3.8, 4) is 0 Å². The smallest absolute Gasteiger partial charge is 0.0622 e. The summed E-state index contributed by atoms with van der Waals surface area (Å²) in [7, 11) is 0. The number of rotatable bonds is 11. The van der Waals surface area contributed by atoms with Crippen molar-refractivity contribution >= 4 is 0 Å². The van der Waals surface area contributed by atoms with Gasteiger partial charge in [-0.15, -0.1) is 0 Å². The molecular weight excluding hydrogens is 222 g/mol. The third-order valence-corrected chi connectivity index (χ3v) is 4.12. The van der Waals surface area contributed by atoms with Crippen LogP contribution in [0.3, 0.4) is 0 Å². The fourth-order valence-corrected chi connectivity index (χ4v) is 3.00. The summed E-state index contributed by atoms with van der Waals surface area (Å²) in [6, 6.07) is 0.605. The number of ether oxygens (including phenoxy) is 1. The van der Waals surface area contributed by atoms with Gasteiger partial charge in [-0.25, -0.2) is 0 Å². The Hall–Kier alpha value is -0.0800. The molecule has 1 atom stereocenters. The zero-order valence-corrected chi connectivity index (χ0v) is 12.5. The molecule has 1 aliphatic rings. The van der Waals surface area contributed by atoms with Crippen molar-refractivity contribution in [1.29, 1.82) is 0 Å². The maximum absolute atomic E-state index is 5.88. The van der Waals surface area contributed by atoms with Crippen molar-refractivity contribution in [2.75, 3.05) is 19.8 Å². The summed E-state index contributed by atoms with van der Waals surface area (Å²) in [5.74, 6) is 0.866. The molecule has 0 aromatic carbocycles. The van der Waals surface area contributed by atoms with Crippen LogP contribution in [0.2, 0.25) is 0 Å². The fourth-order valence-electron chi connectivity index (χ4n) is 3.00. The van der Waals surface area contributed by atoms with Crippen molar-refractivity contribution in [3.05, 3.63) is 0 Å². The first kappa shape index (κ1) is 16.0. The monoisotopic (exact) mass is 255 g/mol. The van der Waals surface area contributed by atoms with E-state index in [1.165, 1.54) is 57.8 Å². The lowest BCUT2D eigenvalue weighted by Crippen LogP contribution is -2.39. The molecule has 0 heterocycles. The van der Waals surface area contributed by atoms with Crippen LogP contribution in [0.1, 0.15) is 71.6 Å². The van der Waals surface area contributed by atoms with Crippen LogP contribution in [0.25, 0.3) is 0 Å². The molecule has 2 nitrogen and oxygen atoms in total. The Morgan fingerprint density at radius 2 is 1.78 bits per heavy atom. The molecule has 1 saturated carbocycles. The summed E-state index contributed by atoms with van der Waals surface area (Å²) in [6.07, 6.45) is 12.3. The van der Waals surface area contributed by atoms with Crippen molar-refractivity contribution in [1.82, 2.24) is 5.32 Å². The second kappa shape index (κ2) is 10.8. The summed E-state index contributed by atoms with van der Waals surface area (Å²) in [5, 5.41) is 3.61. The second-order valence-electron chi connectivity index (χ2n) is 5.70. The Bertz CT molecular complexity index is 178. The molecule has 1 aliphatic carbocycles. The molecule has 1 rings (SSSR count). The van der Waals surface area contributed by atoms with Gasteiger partial charge in [-0.05, 0) is 31.7 Å². The van der Waals surface area contributed by atoms with Gasteiger partial charge in [-0.3, -0.25) is 0 Å². The zero-order chi connectivity index (χ0) is 13.1. The summed E-state index contributed by atoms with van der Waals surface area (Å²) in [4.78, 5) is 0. The number of likely N-dealkylation sites (N-methyl/N-ethyl adjacent to an activating group) is 1. The van der Waals surface area contributed by atoms with E-state index in [0.29, 0.717) is 6.04 Å². The normalized spacial score (nSPS) is 18.3. The molecule has 0 spiro atoms. The number of hydrogen-bond acceptors (Lipinski definition) is 2. The van der Waals surface area contributed by atoms with E-state index in [4.69, 9.17) is 4.74 Å². The molecule has 18 heavy (non-hydrogen) atoms. The van der Waals surface area contributed by atoms with E-state index in [9.17, 15) is 0 Å². The van der Waals surface area contributed by atoms with Crippen LogP contribution in [0.15, 0.2) is 0 Å². The Morgan fingerprint density at radius 1 is 1.06 bits per heavy atom. The first-order chi connectivity index (χ1) is 8.88. The third-order valence-electron chi connectivity index (χ3n) is 4.12. The van der Waals surface area contributed by atoms with E-state index in [2.05, 4.69) is 19.2 Å². The predicted octanol–water partition coefficient (Wildman–Crippen LogP) is 4.14. The molecule has 0 amide bonds. The number of hydrogen-bond donors (Lipinski definition) is 1. The van der Waals surface area contributed by atoms with Crippen LogP contribution < -0.4 is 5.32 Å². The highest BCUT2D eigenvalue weighted by molar-refractivity contribution is 4.80. The minimum Gasteiger partial charge on any atom is -0.380 e. The topological polar surface area (TPSA) is 21.3 Å². The predicted molar refractivity (Wildman–Crippen MR) is 79.0 cm³/mol. The molecule has 0 aromatic heterocycles. The highest BCUT2D eigenvalue weighted by atomic mass is 16.5. The summed E-state index contributed by atoms with van der Waals surface area (Å²) in [6.45, 7) is 7.41. The largest absolute Gasteiger partial charge is 0.380 e. The zero-order valence-electron chi connectivity index (χ0n) is 12.5. The molecule has 0 bridgehead atoms. The average molecular weight is 255 g/mol. The van der Waals surface area contributed by atoms with Gasteiger partial charge in [-0.2, -0.15) is 0 Å². The molecule has 0 aliphatic heterocycles. The van der Waals surface area contributed by atoms with Crippen molar-refractivity contribution in [2.45, 2.75) is 77.7 Å². The van der Waals surface area contributed by atoms with Crippen LogP contribution in [0, 0.1) is 5.92 Å². The number of unbranched alkanes of at least 4 members (excludes halogenated alkanes) is 4. The van der Waals surface area contributed by atoms with Gasteiger partial charge in [-0.1, -0.05) is 52.4 Å². The van der Waals surface area contributed by atoms with Gasteiger partial charge in [0.05, 0.1) is 6.61 Å². The van der Waals surface area contributed by atoms with Crippen LogP contribution in [-0.4, -0.2) is 25.8 Å². The van der Waals surface area contributed by atoms with Crippen molar-refractivity contribution in [2.24, 2.45) is 5.92 Å². The SMILES string of the molecule is CCCCCCCOCC(NCC)C1CCCC1. The van der Waals surface area contributed by atoms with Gasteiger partial charge in [0, 0.05) is 12.6 Å². The van der Waals surface area contributed by atoms with E-state index in [1.807, 2.05) is 0 Å². The Morgan fingerprint density at radius 3 is 2.44 bits per heavy atom. The molecule has 1 fully saturated rings. The minimum absolute atomic E-state index is 0.605. The lowest BCUT2D eigenvalue weighted by molar-refractivity contribution is 0.0910. The van der Waals surface area contributed by atoms with Crippen molar-refractivity contribution < 1.29 is 4.74 Å². The molecule has 0 radical (unpaired) electrons. The Labute approximate surface area is 114 Å². The van der Waals surface area contributed by atoms with Gasteiger partial charge in [0.1, 0.15) is 0 Å². The molecule has 0 aromatic rings. The first-order valence-corrected chi connectivity index (χ1v) is 8.19. The lowest BCUT2D eigenvalue weighted by Gasteiger charge is -2.24. The second-order valence-corrected chi connectivity index (χ2v) is 5.70. The third kappa shape index (κ3) is 6.75. The maximum atomic E-state index is 5.88. The average Bonchev–Trinajstić information content (AvgIpc) is 2.90. The molecule has 0 saturated heterocycles. The Balaban J connectivity index is 2.02. The molecular formula is C16H33NO. The highest BCUT2D eigenvalue weighted by Crippen LogP contribution is 2.27. The maximum Gasteiger partial charge on any atom is 0.0622 e. The first-order valence-electron chi connectivity index (χ1n) is 8.19. The van der Waals surface area contributed by atoms with Crippen LogP contribution in [-0.2, 0) is 4.74 Å². The van der Waals surface area contributed by atoms with Gasteiger partial charge in [0.2, 0.25) is 0 Å². The van der Waals surface area contributed by atoms with Crippen molar-refractivity contribution in [3.63, 3.8) is 0 Å². The lowest BCUT2D eigenvalue weighted by atomic mass is 9.99. The quantitative estimate of drug-likeness (QED) is 0.560. The van der Waals surface area contributed by atoms with E-state index in [-0.39, 0.29) is 0 Å². The van der Waals surface area contributed by atoms with Gasteiger partial charge >= 0.3 is 0 Å². The summed E-state index contributed by atoms with van der Waals surface area (Å²) < 4.78 is 5.88. The molecule has 2 heteroatoms. The van der Waals surface area contributed by atoms with E-state index in [1.54, 1.807) is 0 Å². The highest BCUT2D eigenvalue weighted by Gasteiger charge is 2.24. The van der Waals surface area contributed by atoms with Gasteiger partial charge in [0.25, 0.3) is 0 Å². The van der Waals surface area contributed by atoms with Crippen LogP contribution >= 0.6 is 0 Å². The fraction of sp³-hybridized carbons (Fsp3) is 1.00. The Kier molecular flexibility index (Phi) is 9.59. The van der Waals surface area contributed by atoms with Crippen LogP contribution in [0.5, 0.6) is 0 Å². The molecule has 1 N–H and O–H groups in total.